The molecule has 0 bridgehead atoms. The van der Waals surface area contributed by atoms with E-state index in [0.29, 0.717) is 6.04 Å². The fourth-order valence-corrected chi connectivity index (χ4v) is 6.50. The van der Waals surface area contributed by atoms with E-state index in [9.17, 15) is 0 Å². The fraction of sp³-hybridized carbons (Fsp3) is 0.189. The summed E-state index contributed by atoms with van der Waals surface area (Å²) in [6, 6.07) is 39.9. The van der Waals surface area contributed by atoms with Crippen LogP contribution in [0.3, 0.4) is 0 Å². The molecular formula is C37H33N4PtS-. The molecule has 6 heteroatoms. The molecule has 0 fully saturated rings. The summed E-state index contributed by atoms with van der Waals surface area (Å²) in [5.41, 5.74) is 6.87. The number of pyridine rings is 1. The quantitative estimate of drug-likeness (QED) is 0.164. The molecule has 3 aromatic heterocycles. The largest absolute Gasteiger partial charge is 0.319 e. The van der Waals surface area contributed by atoms with Crippen LogP contribution in [0.2, 0.25) is 0 Å². The van der Waals surface area contributed by atoms with E-state index in [0.717, 1.165) is 32.3 Å². The van der Waals surface area contributed by atoms with E-state index in [1.54, 1.807) is 11.8 Å². The van der Waals surface area contributed by atoms with Gasteiger partial charge in [0.05, 0.1) is 6.04 Å². The minimum absolute atomic E-state index is 0. The van der Waals surface area contributed by atoms with Crippen LogP contribution in [0.4, 0.5) is 0 Å². The predicted octanol–water partition coefficient (Wildman–Crippen LogP) is 9.83. The van der Waals surface area contributed by atoms with Gasteiger partial charge < -0.3 is 4.57 Å². The molecule has 0 amide bonds. The summed E-state index contributed by atoms with van der Waals surface area (Å²) in [6.07, 6.45) is 4.11. The Hall–Kier alpha value is -3.66. The van der Waals surface area contributed by atoms with Crippen LogP contribution in [0.25, 0.3) is 44.3 Å². The van der Waals surface area contributed by atoms with E-state index in [2.05, 4.69) is 158 Å². The van der Waals surface area contributed by atoms with Crippen LogP contribution in [-0.2, 0) is 26.5 Å². The molecule has 0 aliphatic rings. The fourth-order valence-electron chi connectivity index (χ4n) is 5.67. The number of hydrogen-bond donors (Lipinski definition) is 0. The molecule has 0 spiro atoms. The summed E-state index contributed by atoms with van der Waals surface area (Å²) in [4.78, 5) is 6.91. The zero-order valence-electron chi connectivity index (χ0n) is 24.9. The molecule has 7 rings (SSSR count). The van der Waals surface area contributed by atoms with Gasteiger partial charge in [-0.25, -0.2) is 14.1 Å². The van der Waals surface area contributed by atoms with Crippen molar-refractivity contribution in [2.75, 3.05) is 0 Å². The van der Waals surface area contributed by atoms with Gasteiger partial charge in [0, 0.05) is 50.6 Å². The third-order valence-corrected chi connectivity index (χ3v) is 8.76. The maximum Gasteiger partial charge on any atom is 0.188 e. The number of rotatable bonds is 5. The van der Waals surface area contributed by atoms with E-state index < -0.39 is 0 Å². The first-order valence-corrected chi connectivity index (χ1v) is 15.2. The molecule has 0 atom stereocenters. The molecule has 0 saturated carbocycles. The van der Waals surface area contributed by atoms with E-state index >= 15 is 0 Å². The molecule has 3 heterocycles. The first kappa shape index (κ1) is 29.4. The summed E-state index contributed by atoms with van der Waals surface area (Å²) in [6.45, 7) is 11.1. The smallest absolute Gasteiger partial charge is 0.188 e. The van der Waals surface area contributed by atoms with Crippen molar-refractivity contribution in [3.63, 3.8) is 0 Å². The zero-order chi connectivity index (χ0) is 29.0. The van der Waals surface area contributed by atoms with Gasteiger partial charge in [-0.3, -0.25) is 0 Å². The van der Waals surface area contributed by atoms with E-state index in [4.69, 9.17) is 4.98 Å². The third kappa shape index (κ3) is 5.34. The molecule has 0 N–H and O–H groups in total. The molecule has 0 radical (unpaired) electrons. The number of imidazole rings is 1. The predicted molar refractivity (Wildman–Crippen MR) is 175 cm³/mol. The Morgan fingerprint density at radius 1 is 0.767 bits per heavy atom. The summed E-state index contributed by atoms with van der Waals surface area (Å²) >= 11 is 1.69. The van der Waals surface area contributed by atoms with Gasteiger partial charge in [0.25, 0.3) is 0 Å². The van der Waals surface area contributed by atoms with Crippen LogP contribution in [0.15, 0.2) is 113 Å². The van der Waals surface area contributed by atoms with E-state index in [1.165, 1.54) is 27.4 Å². The van der Waals surface area contributed by atoms with Crippen molar-refractivity contribution in [1.82, 2.24) is 18.7 Å². The van der Waals surface area contributed by atoms with E-state index in [1.807, 2.05) is 6.20 Å². The minimum Gasteiger partial charge on any atom is -0.319 e. The second-order valence-corrected chi connectivity index (χ2v) is 13.2. The van der Waals surface area contributed by atoms with Gasteiger partial charge in [-0.15, -0.1) is 34.2 Å². The van der Waals surface area contributed by atoms with Crippen molar-refractivity contribution in [3.05, 3.63) is 121 Å². The molecule has 4 aromatic carbocycles. The summed E-state index contributed by atoms with van der Waals surface area (Å²) in [7, 11) is 0. The number of nitrogens with zero attached hydrogens (tertiary/aromatic N) is 4. The van der Waals surface area contributed by atoms with Crippen LogP contribution in [0.1, 0.15) is 46.2 Å². The molecule has 218 valence electrons. The normalized spacial score (nSPS) is 12.0. The molecular weight excluding hydrogens is 728 g/mol. The van der Waals surface area contributed by atoms with Gasteiger partial charge in [-0.2, -0.15) is 24.3 Å². The average Bonchev–Trinajstić information content (AvgIpc) is 3.53. The summed E-state index contributed by atoms with van der Waals surface area (Å²) in [5.74, 6) is 0.915. The van der Waals surface area contributed by atoms with Crippen molar-refractivity contribution in [2.24, 2.45) is 0 Å². The van der Waals surface area contributed by atoms with Gasteiger partial charge in [0.1, 0.15) is 5.82 Å². The molecule has 0 saturated heterocycles. The SMILES string of the molecule is CC(C)n1[cH+]n(-c2[c-]c(Sc3[c-]c4c(cc3)c3ccccc3n4-c3cc(C(C)(C)C)ccn3)ccc2)c2ccccc21.[Pt]. The number of benzene rings is 4. The van der Waals surface area contributed by atoms with Crippen molar-refractivity contribution in [1.29, 1.82) is 0 Å². The Balaban J connectivity index is 0.00000329. The van der Waals surface area contributed by atoms with Crippen molar-refractivity contribution in [3.8, 4) is 11.5 Å². The maximum atomic E-state index is 4.82. The van der Waals surface area contributed by atoms with Crippen LogP contribution < -0.4 is 0 Å². The number of fused-ring (bicyclic) bond motifs is 4. The third-order valence-electron chi connectivity index (χ3n) is 7.85. The minimum atomic E-state index is 0. The van der Waals surface area contributed by atoms with Crippen molar-refractivity contribution in [2.45, 2.75) is 55.9 Å². The monoisotopic (exact) mass is 760 g/mol. The molecule has 4 nitrogen and oxygen atoms in total. The Bertz CT molecular complexity index is 2100. The molecule has 0 aliphatic carbocycles. The zero-order valence-corrected chi connectivity index (χ0v) is 28.0. The van der Waals surface area contributed by atoms with Gasteiger partial charge in [0.15, 0.2) is 17.4 Å². The van der Waals surface area contributed by atoms with Gasteiger partial charge in [-0.05, 0) is 60.5 Å². The second-order valence-electron chi connectivity index (χ2n) is 12.1. The van der Waals surface area contributed by atoms with Crippen LogP contribution in [0.5, 0.6) is 0 Å². The van der Waals surface area contributed by atoms with Crippen molar-refractivity contribution < 1.29 is 21.1 Å². The summed E-state index contributed by atoms with van der Waals surface area (Å²) in [5, 5.41) is 2.38. The van der Waals surface area contributed by atoms with Gasteiger partial charge >= 0.3 is 0 Å². The van der Waals surface area contributed by atoms with Crippen LogP contribution >= 0.6 is 11.8 Å². The first-order valence-electron chi connectivity index (χ1n) is 14.4. The number of para-hydroxylation sites is 3. The molecule has 0 unspecified atom stereocenters. The second kappa shape index (κ2) is 11.4. The van der Waals surface area contributed by atoms with Crippen molar-refractivity contribution >= 4 is 44.6 Å². The molecule has 0 aliphatic heterocycles. The standard InChI is InChI=1S/C37H33N4S.Pt/c1-25(2)39-24-40(34-16-9-8-15-33(34)39)27-11-10-12-28(22-27)42-29-17-18-31-30-13-6-7-14-32(30)41(35(31)23-29)36-21-26(19-20-38-36)37(3,4)5;/h6-21,24-25H,1-5H3;/q-1;. The summed E-state index contributed by atoms with van der Waals surface area (Å²) < 4.78 is 6.80. The number of aromatic nitrogens is 4. The Morgan fingerprint density at radius 2 is 1.49 bits per heavy atom. The average molecular weight is 761 g/mol. The molecule has 43 heavy (non-hydrogen) atoms. The number of hydrogen-bond acceptors (Lipinski definition) is 2. The van der Waals surface area contributed by atoms with E-state index in [-0.39, 0.29) is 26.5 Å². The van der Waals surface area contributed by atoms with Crippen LogP contribution in [0, 0.1) is 12.1 Å². The Kier molecular flexibility index (Phi) is 7.83. The van der Waals surface area contributed by atoms with Gasteiger partial charge in [-0.1, -0.05) is 55.4 Å². The topological polar surface area (TPSA) is 27.7 Å². The first-order chi connectivity index (χ1) is 20.3. The molecule has 7 aromatic rings. The Morgan fingerprint density at radius 3 is 2.26 bits per heavy atom. The van der Waals surface area contributed by atoms with Crippen LogP contribution in [-0.4, -0.2) is 18.7 Å². The Labute approximate surface area is 271 Å². The maximum absolute atomic E-state index is 4.82. The van der Waals surface area contributed by atoms with Gasteiger partial charge in [0.2, 0.25) is 0 Å².